The summed E-state index contributed by atoms with van der Waals surface area (Å²) in [5, 5.41) is 1.95. The van der Waals surface area contributed by atoms with Crippen molar-refractivity contribution in [2.24, 2.45) is 0 Å². The lowest BCUT2D eigenvalue weighted by Crippen LogP contribution is -2.08. The van der Waals surface area contributed by atoms with Crippen molar-refractivity contribution in [3.05, 3.63) is 64.4 Å². The number of fused-ring (bicyclic) bond motifs is 1. The number of nitrogens with one attached hydrogen (secondary N) is 1. The minimum absolute atomic E-state index is 0.153. The van der Waals surface area contributed by atoms with E-state index in [0.717, 1.165) is 16.9 Å². The summed E-state index contributed by atoms with van der Waals surface area (Å²) in [4.78, 5) is 24.1. The summed E-state index contributed by atoms with van der Waals surface area (Å²) in [5.74, 6) is 1.23. The Kier molecular flexibility index (Phi) is 3.59. The molecule has 3 aromatic heterocycles. The molecular weight excluding hydrogens is 322 g/mol. The van der Waals surface area contributed by atoms with Crippen LogP contribution in [0.2, 0.25) is 0 Å². The number of benzene rings is 1. The maximum absolute atomic E-state index is 12.4. The monoisotopic (exact) mass is 335 g/mol. The largest absolute Gasteiger partial charge is 0.497 e. The molecule has 0 amide bonds. The fourth-order valence-corrected chi connectivity index (χ4v) is 3.46. The Labute approximate surface area is 141 Å². The van der Waals surface area contributed by atoms with E-state index in [9.17, 15) is 4.79 Å². The van der Waals surface area contributed by atoms with Gasteiger partial charge in [-0.25, -0.2) is 4.98 Å². The molecule has 118 valence electrons. The number of H-pyrrole nitrogens is 1. The van der Waals surface area contributed by atoms with Crippen LogP contribution in [0.3, 0.4) is 0 Å². The number of pyridine rings is 1. The molecule has 0 saturated heterocycles. The lowest BCUT2D eigenvalue weighted by atomic mass is 10.1. The van der Waals surface area contributed by atoms with Gasteiger partial charge in [-0.3, -0.25) is 9.78 Å². The van der Waals surface area contributed by atoms with E-state index in [-0.39, 0.29) is 5.56 Å². The number of thiophene rings is 1. The first kappa shape index (κ1) is 14.6. The molecule has 0 radical (unpaired) electrons. The molecule has 3 heterocycles. The normalized spacial score (nSPS) is 10.9. The third kappa shape index (κ3) is 2.47. The van der Waals surface area contributed by atoms with Crippen LogP contribution >= 0.6 is 11.3 Å². The number of ether oxygens (including phenoxy) is 1. The highest BCUT2D eigenvalue weighted by molar-refractivity contribution is 7.17. The number of hydrogen-bond acceptors (Lipinski definition) is 5. The van der Waals surface area contributed by atoms with Gasteiger partial charge in [0, 0.05) is 17.1 Å². The zero-order valence-electron chi connectivity index (χ0n) is 12.8. The first-order valence-corrected chi connectivity index (χ1v) is 8.21. The van der Waals surface area contributed by atoms with Crippen molar-refractivity contribution in [1.29, 1.82) is 0 Å². The summed E-state index contributed by atoms with van der Waals surface area (Å²) >= 11 is 1.39. The molecule has 4 rings (SSSR count). The SMILES string of the molecule is COc1cccc(-c2csc3c(=O)[nH]c(-c4ccccn4)nc23)c1. The van der Waals surface area contributed by atoms with Gasteiger partial charge in [0.1, 0.15) is 16.1 Å². The van der Waals surface area contributed by atoms with Gasteiger partial charge in [-0.1, -0.05) is 18.2 Å². The van der Waals surface area contributed by atoms with Gasteiger partial charge in [0.05, 0.1) is 12.6 Å². The summed E-state index contributed by atoms with van der Waals surface area (Å²) in [6.07, 6.45) is 1.68. The molecule has 4 aromatic rings. The van der Waals surface area contributed by atoms with E-state index in [1.165, 1.54) is 11.3 Å². The zero-order valence-corrected chi connectivity index (χ0v) is 13.6. The third-order valence-electron chi connectivity index (χ3n) is 3.71. The second-order valence-corrected chi connectivity index (χ2v) is 6.07. The Bertz CT molecular complexity index is 1070. The predicted molar refractivity (Wildman–Crippen MR) is 95.5 cm³/mol. The average Bonchev–Trinajstić information content (AvgIpc) is 3.07. The summed E-state index contributed by atoms with van der Waals surface area (Å²) in [6, 6.07) is 13.2. The van der Waals surface area contributed by atoms with Crippen molar-refractivity contribution >= 4 is 21.6 Å². The molecule has 5 nitrogen and oxygen atoms in total. The van der Waals surface area contributed by atoms with Crippen LogP contribution in [0.5, 0.6) is 5.75 Å². The summed E-state index contributed by atoms with van der Waals surface area (Å²) in [6.45, 7) is 0. The fraction of sp³-hybridized carbons (Fsp3) is 0.0556. The predicted octanol–water partition coefficient (Wildman–Crippen LogP) is 3.72. The highest BCUT2D eigenvalue weighted by Crippen LogP contribution is 2.33. The molecule has 0 bridgehead atoms. The van der Waals surface area contributed by atoms with Gasteiger partial charge in [0.2, 0.25) is 0 Å². The molecule has 0 aliphatic heterocycles. The van der Waals surface area contributed by atoms with Crippen LogP contribution in [0.25, 0.3) is 32.9 Å². The number of rotatable bonds is 3. The maximum Gasteiger partial charge on any atom is 0.269 e. The van der Waals surface area contributed by atoms with Crippen molar-refractivity contribution in [1.82, 2.24) is 15.0 Å². The van der Waals surface area contributed by atoms with Crippen molar-refractivity contribution in [2.45, 2.75) is 0 Å². The molecule has 0 fully saturated rings. The summed E-state index contributed by atoms with van der Waals surface area (Å²) < 4.78 is 5.89. The zero-order chi connectivity index (χ0) is 16.5. The second kappa shape index (κ2) is 5.90. The van der Waals surface area contributed by atoms with Crippen LogP contribution in [0, 0.1) is 0 Å². The standard InChI is InChI=1S/C18H13N3O2S/c1-23-12-6-4-5-11(9-12)13-10-24-16-15(13)20-17(21-18(16)22)14-7-2-3-8-19-14/h2-10H,1H3,(H,20,21,22). The number of hydrogen-bond donors (Lipinski definition) is 1. The topological polar surface area (TPSA) is 67.9 Å². The Morgan fingerprint density at radius 2 is 2.08 bits per heavy atom. The summed E-state index contributed by atoms with van der Waals surface area (Å²) in [5.41, 5.74) is 3.04. The van der Waals surface area contributed by atoms with Gasteiger partial charge in [-0.15, -0.1) is 11.3 Å². The fourth-order valence-electron chi connectivity index (χ4n) is 2.55. The van der Waals surface area contributed by atoms with E-state index in [1.54, 1.807) is 13.3 Å². The van der Waals surface area contributed by atoms with Crippen molar-refractivity contribution < 1.29 is 4.74 Å². The van der Waals surface area contributed by atoms with Crippen LogP contribution in [0.4, 0.5) is 0 Å². The maximum atomic E-state index is 12.4. The molecule has 0 atom stereocenters. The van der Waals surface area contributed by atoms with Crippen LogP contribution in [0.1, 0.15) is 0 Å². The average molecular weight is 335 g/mol. The Morgan fingerprint density at radius 3 is 2.88 bits per heavy atom. The van der Waals surface area contributed by atoms with E-state index < -0.39 is 0 Å². The van der Waals surface area contributed by atoms with Crippen LogP contribution in [0.15, 0.2) is 58.8 Å². The van der Waals surface area contributed by atoms with Crippen LogP contribution in [-0.4, -0.2) is 22.1 Å². The Morgan fingerprint density at radius 1 is 1.17 bits per heavy atom. The van der Waals surface area contributed by atoms with Gasteiger partial charge >= 0.3 is 0 Å². The van der Waals surface area contributed by atoms with E-state index in [2.05, 4.69) is 15.0 Å². The number of nitrogens with zero attached hydrogens (tertiary/aromatic N) is 2. The molecule has 0 aliphatic rings. The van der Waals surface area contributed by atoms with Gasteiger partial charge in [0.15, 0.2) is 5.82 Å². The number of aromatic nitrogens is 3. The molecule has 6 heteroatoms. The second-order valence-electron chi connectivity index (χ2n) is 5.19. The highest BCUT2D eigenvalue weighted by Gasteiger charge is 2.14. The Hall–Kier alpha value is -2.99. The first-order chi connectivity index (χ1) is 11.8. The minimum atomic E-state index is -0.153. The lowest BCUT2D eigenvalue weighted by molar-refractivity contribution is 0.415. The Balaban J connectivity index is 1.95. The van der Waals surface area contributed by atoms with Crippen molar-refractivity contribution in [3.8, 4) is 28.4 Å². The smallest absolute Gasteiger partial charge is 0.269 e. The molecule has 0 unspecified atom stereocenters. The van der Waals surface area contributed by atoms with Gasteiger partial charge in [-0.05, 0) is 29.8 Å². The van der Waals surface area contributed by atoms with E-state index in [1.807, 2.05) is 47.8 Å². The quantitative estimate of drug-likeness (QED) is 0.619. The van der Waals surface area contributed by atoms with E-state index in [4.69, 9.17) is 4.74 Å². The molecule has 0 saturated carbocycles. The molecule has 1 N–H and O–H groups in total. The van der Waals surface area contributed by atoms with Crippen LogP contribution < -0.4 is 10.3 Å². The van der Waals surface area contributed by atoms with Crippen molar-refractivity contribution in [2.75, 3.05) is 7.11 Å². The molecular formula is C18H13N3O2S. The molecule has 0 aliphatic carbocycles. The van der Waals surface area contributed by atoms with Gasteiger partial charge < -0.3 is 9.72 Å². The van der Waals surface area contributed by atoms with Gasteiger partial charge in [0.25, 0.3) is 5.56 Å². The van der Waals surface area contributed by atoms with E-state index in [0.29, 0.717) is 21.7 Å². The summed E-state index contributed by atoms with van der Waals surface area (Å²) in [7, 11) is 1.63. The molecule has 0 spiro atoms. The van der Waals surface area contributed by atoms with Gasteiger partial charge in [-0.2, -0.15) is 0 Å². The van der Waals surface area contributed by atoms with Crippen molar-refractivity contribution in [3.63, 3.8) is 0 Å². The lowest BCUT2D eigenvalue weighted by Gasteiger charge is -2.04. The number of methoxy groups -OCH3 is 1. The highest BCUT2D eigenvalue weighted by atomic mass is 32.1. The number of aromatic amines is 1. The first-order valence-electron chi connectivity index (χ1n) is 7.33. The van der Waals surface area contributed by atoms with E-state index >= 15 is 0 Å². The third-order valence-corrected chi connectivity index (χ3v) is 4.68. The molecule has 1 aromatic carbocycles. The van der Waals surface area contributed by atoms with Crippen LogP contribution in [-0.2, 0) is 0 Å². The minimum Gasteiger partial charge on any atom is -0.497 e. The molecule has 24 heavy (non-hydrogen) atoms.